The Hall–Kier alpha value is -3.12. The van der Waals surface area contributed by atoms with Gasteiger partial charge in [-0.25, -0.2) is 4.98 Å². The summed E-state index contributed by atoms with van der Waals surface area (Å²) < 4.78 is 16.4. The van der Waals surface area contributed by atoms with Crippen LogP contribution in [0.4, 0.5) is 0 Å². The Morgan fingerprint density at radius 1 is 1.17 bits per heavy atom. The third kappa shape index (κ3) is 5.68. The van der Waals surface area contributed by atoms with E-state index < -0.39 is 0 Å². The Morgan fingerprint density at radius 3 is 2.72 bits per heavy atom. The van der Waals surface area contributed by atoms with Crippen LogP contribution >= 0.6 is 0 Å². The summed E-state index contributed by atoms with van der Waals surface area (Å²) in [6.45, 7) is 4.57. The van der Waals surface area contributed by atoms with Crippen molar-refractivity contribution in [1.82, 2.24) is 10.3 Å². The van der Waals surface area contributed by atoms with Crippen molar-refractivity contribution >= 4 is 5.97 Å². The van der Waals surface area contributed by atoms with Crippen molar-refractivity contribution in [3.8, 4) is 17.2 Å². The highest BCUT2D eigenvalue weighted by atomic mass is 16.5. The van der Waals surface area contributed by atoms with Crippen LogP contribution in [0.3, 0.4) is 0 Å². The standard InChI is InChI=1S/C23H26N2O4/c1-16(24-15-22(26)27-3)19-10-7-11-20(14-19)28-13-12-21-17(2)29-23(25-21)18-8-5-4-6-9-18/h4-11,14,16,24H,12-13,15H2,1-3H3. The first-order chi connectivity index (χ1) is 14.1. The highest BCUT2D eigenvalue weighted by molar-refractivity contribution is 5.71. The monoisotopic (exact) mass is 394 g/mol. The maximum atomic E-state index is 11.3. The van der Waals surface area contributed by atoms with E-state index in [1.165, 1.54) is 7.11 Å². The Morgan fingerprint density at radius 2 is 1.97 bits per heavy atom. The van der Waals surface area contributed by atoms with E-state index in [-0.39, 0.29) is 18.6 Å². The first-order valence-corrected chi connectivity index (χ1v) is 9.61. The first kappa shape index (κ1) is 20.6. The van der Waals surface area contributed by atoms with Crippen molar-refractivity contribution in [3.63, 3.8) is 0 Å². The minimum Gasteiger partial charge on any atom is -0.493 e. The van der Waals surface area contributed by atoms with Gasteiger partial charge in [0.25, 0.3) is 0 Å². The summed E-state index contributed by atoms with van der Waals surface area (Å²) in [6.07, 6.45) is 0.655. The van der Waals surface area contributed by atoms with Crippen LogP contribution in [-0.2, 0) is 16.0 Å². The van der Waals surface area contributed by atoms with E-state index in [2.05, 4.69) is 15.0 Å². The van der Waals surface area contributed by atoms with Crippen LogP contribution in [0.1, 0.15) is 30.0 Å². The highest BCUT2D eigenvalue weighted by Crippen LogP contribution is 2.22. The molecule has 0 aliphatic carbocycles. The SMILES string of the molecule is COC(=O)CNC(C)c1cccc(OCCc2nc(-c3ccccc3)oc2C)c1. The fourth-order valence-corrected chi connectivity index (χ4v) is 2.93. The lowest BCUT2D eigenvalue weighted by molar-refractivity contribution is -0.139. The number of carbonyl (C=O) groups is 1. The molecule has 0 radical (unpaired) electrons. The third-order valence-corrected chi connectivity index (χ3v) is 4.66. The van der Waals surface area contributed by atoms with Crippen LogP contribution < -0.4 is 10.1 Å². The van der Waals surface area contributed by atoms with Crippen LogP contribution in [-0.4, -0.2) is 31.2 Å². The number of hydrogen-bond acceptors (Lipinski definition) is 6. The number of aromatic nitrogens is 1. The molecule has 0 aliphatic rings. The van der Waals surface area contributed by atoms with Crippen molar-refractivity contribution in [2.45, 2.75) is 26.3 Å². The molecule has 0 saturated carbocycles. The van der Waals surface area contributed by atoms with E-state index in [4.69, 9.17) is 9.15 Å². The van der Waals surface area contributed by atoms with Gasteiger partial charge in [0.05, 0.1) is 26.0 Å². The van der Waals surface area contributed by atoms with Crippen molar-refractivity contribution in [2.24, 2.45) is 0 Å². The zero-order valence-electron chi connectivity index (χ0n) is 17.0. The molecule has 3 aromatic rings. The summed E-state index contributed by atoms with van der Waals surface area (Å²) in [7, 11) is 1.38. The van der Waals surface area contributed by atoms with Crippen LogP contribution in [0.5, 0.6) is 5.75 Å². The molecule has 0 fully saturated rings. The summed E-state index contributed by atoms with van der Waals surface area (Å²) in [5, 5.41) is 3.13. The van der Waals surface area contributed by atoms with Crippen LogP contribution in [0.25, 0.3) is 11.5 Å². The van der Waals surface area contributed by atoms with E-state index in [1.807, 2.05) is 68.4 Å². The molecule has 0 aliphatic heterocycles. The lowest BCUT2D eigenvalue weighted by Crippen LogP contribution is -2.26. The molecule has 1 heterocycles. The van der Waals surface area contributed by atoms with Gasteiger partial charge in [-0.1, -0.05) is 30.3 Å². The fraction of sp³-hybridized carbons (Fsp3) is 0.304. The average Bonchev–Trinajstić information content (AvgIpc) is 3.13. The fourth-order valence-electron chi connectivity index (χ4n) is 2.93. The predicted octanol–water partition coefficient (Wildman–Crippen LogP) is 4.10. The number of methoxy groups -OCH3 is 1. The minimum absolute atomic E-state index is 0.00358. The molecule has 1 N–H and O–H groups in total. The average molecular weight is 394 g/mol. The van der Waals surface area contributed by atoms with Gasteiger partial charge in [0, 0.05) is 18.0 Å². The first-order valence-electron chi connectivity index (χ1n) is 9.61. The number of oxazole rings is 1. The van der Waals surface area contributed by atoms with E-state index in [0.717, 1.165) is 28.3 Å². The van der Waals surface area contributed by atoms with Crippen molar-refractivity contribution in [3.05, 3.63) is 71.6 Å². The topological polar surface area (TPSA) is 73.6 Å². The number of benzene rings is 2. The second kappa shape index (κ2) is 9.89. The summed E-state index contributed by atoms with van der Waals surface area (Å²) in [5.74, 6) is 1.92. The summed E-state index contributed by atoms with van der Waals surface area (Å²) in [4.78, 5) is 15.9. The Labute approximate surface area is 170 Å². The Balaban J connectivity index is 1.56. The number of rotatable bonds is 9. The zero-order valence-corrected chi connectivity index (χ0v) is 17.0. The van der Waals surface area contributed by atoms with Gasteiger partial charge in [-0.15, -0.1) is 0 Å². The number of nitrogens with zero attached hydrogens (tertiary/aromatic N) is 1. The Bertz CT molecular complexity index is 937. The van der Waals surface area contributed by atoms with E-state index in [9.17, 15) is 4.79 Å². The van der Waals surface area contributed by atoms with Gasteiger partial charge < -0.3 is 19.2 Å². The van der Waals surface area contributed by atoms with Gasteiger partial charge in [-0.3, -0.25) is 4.79 Å². The van der Waals surface area contributed by atoms with Crippen molar-refractivity contribution in [1.29, 1.82) is 0 Å². The van der Waals surface area contributed by atoms with Crippen molar-refractivity contribution in [2.75, 3.05) is 20.3 Å². The molecule has 2 aromatic carbocycles. The van der Waals surface area contributed by atoms with Crippen LogP contribution in [0.15, 0.2) is 59.0 Å². The number of ether oxygens (including phenoxy) is 2. The van der Waals surface area contributed by atoms with E-state index >= 15 is 0 Å². The van der Waals surface area contributed by atoms with Crippen molar-refractivity contribution < 1.29 is 18.7 Å². The van der Waals surface area contributed by atoms with Gasteiger partial charge in [0.2, 0.25) is 5.89 Å². The molecule has 6 nitrogen and oxygen atoms in total. The molecular weight excluding hydrogens is 368 g/mol. The quantitative estimate of drug-likeness (QED) is 0.551. The van der Waals surface area contributed by atoms with Gasteiger partial charge in [-0.2, -0.15) is 0 Å². The van der Waals surface area contributed by atoms with Crippen LogP contribution in [0, 0.1) is 6.92 Å². The molecule has 0 spiro atoms. The largest absolute Gasteiger partial charge is 0.493 e. The smallest absolute Gasteiger partial charge is 0.319 e. The molecule has 1 atom stereocenters. The summed E-state index contributed by atoms with van der Waals surface area (Å²) >= 11 is 0. The van der Waals surface area contributed by atoms with Gasteiger partial charge in [-0.05, 0) is 43.7 Å². The molecule has 0 amide bonds. The molecule has 1 aromatic heterocycles. The third-order valence-electron chi connectivity index (χ3n) is 4.66. The van der Waals surface area contributed by atoms with E-state index in [1.54, 1.807) is 0 Å². The lowest BCUT2D eigenvalue weighted by atomic mass is 10.1. The molecule has 0 saturated heterocycles. The predicted molar refractivity (Wildman–Crippen MR) is 111 cm³/mol. The second-order valence-electron chi connectivity index (χ2n) is 6.74. The van der Waals surface area contributed by atoms with Gasteiger partial charge in [0.15, 0.2) is 0 Å². The maximum Gasteiger partial charge on any atom is 0.319 e. The maximum absolute atomic E-state index is 11.3. The van der Waals surface area contributed by atoms with Gasteiger partial charge >= 0.3 is 5.97 Å². The second-order valence-corrected chi connectivity index (χ2v) is 6.74. The van der Waals surface area contributed by atoms with Gasteiger partial charge in [0.1, 0.15) is 11.5 Å². The molecule has 1 unspecified atom stereocenters. The number of carbonyl (C=O) groups excluding carboxylic acids is 1. The minimum atomic E-state index is -0.290. The van der Waals surface area contributed by atoms with E-state index in [0.29, 0.717) is 18.9 Å². The number of aryl methyl sites for hydroxylation is 1. The molecule has 29 heavy (non-hydrogen) atoms. The summed E-state index contributed by atoms with van der Waals surface area (Å²) in [5.41, 5.74) is 2.90. The number of nitrogens with one attached hydrogen (secondary N) is 1. The zero-order chi connectivity index (χ0) is 20.6. The lowest BCUT2D eigenvalue weighted by Gasteiger charge is -2.14. The van der Waals surface area contributed by atoms with Crippen LogP contribution in [0.2, 0.25) is 0 Å². The molecular formula is C23H26N2O4. The Kier molecular flexibility index (Phi) is 7.03. The molecule has 152 valence electrons. The number of hydrogen-bond donors (Lipinski definition) is 1. The summed E-state index contributed by atoms with van der Waals surface area (Å²) in [6, 6.07) is 17.7. The molecule has 6 heteroatoms. The molecule has 3 rings (SSSR count). The number of esters is 1. The molecule has 0 bridgehead atoms. The normalized spacial score (nSPS) is 11.8. The highest BCUT2D eigenvalue weighted by Gasteiger charge is 2.12.